The molecule has 0 bridgehead atoms. The van der Waals surface area contributed by atoms with Gasteiger partial charge in [0.2, 0.25) is 0 Å². The largest absolute Gasteiger partial charge is 0.493 e. The topological polar surface area (TPSA) is 67.5 Å². The molecule has 0 saturated heterocycles. The molecule has 0 amide bonds. The fraction of sp³-hybridized carbons (Fsp3) is 0.308. The Balaban J connectivity index is 1.93. The lowest BCUT2D eigenvalue weighted by Gasteiger charge is -2.09. The smallest absolute Gasteiger partial charge is 0.488 e. The minimum atomic E-state index is -1.44. The molecule has 0 aliphatic rings. The Morgan fingerprint density at radius 3 is 2.74 bits per heavy atom. The molecule has 100 valence electrons. The Labute approximate surface area is 112 Å². The van der Waals surface area contributed by atoms with Crippen LogP contribution in [0.3, 0.4) is 0 Å². The van der Waals surface area contributed by atoms with E-state index in [4.69, 9.17) is 14.8 Å². The lowest BCUT2D eigenvalue weighted by atomic mass is 9.77. The second-order valence-electron chi connectivity index (χ2n) is 4.44. The van der Waals surface area contributed by atoms with Crippen molar-refractivity contribution in [3.63, 3.8) is 0 Å². The van der Waals surface area contributed by atoms with Gasteiger partial charge in [-0.05, 0) is 30.1 Å². The normalized spacial score (nSPS) is 10.5. The summed E-state index contributed by atoms with van der Waals surface area (Å²) >= 11 is 0. The average Bonchev–Trinajstić information content (AvgIpc) is 2.75. The number of imidazole rings is 1. The van der Waals surface area contributed by atoms with Crippen molar-refractivity contribution in [3.05, 3.63) is 42.0 Å². The van der Waals surface area contributed by atoms with Gasteiger partial charge >= 0.3 is 7.12 Å². The molecule has 0 unspecified atom stereocenters. The van der Waals surface area contributed by atoms with Crippen LogP contribution < -0.4 is 10.2 Å². The summed E-state index contributed by atoms with van der Waals surface area (Å²) < 4.78 is 7.59. The summed E-state index contributed by atoms with van der Waals surface area (Å²) in [5.74, 6) is 1.69. The quantitative estimate of drug-likeness (QED) is 0.744. The molecule has 0 saturated carbocycles. The maximum absolute atomic E-state index is 9.13. The van der Waals surface area contributed by atoms with Crippen molar-refractivity contribution in [1.82, 2.24) is 9.55 Å². The van der Waals surface area contributed by atoms with Gasteiger partial charge in [-0.1, -0.05) is 6.07 Å². The van der Waals surface area contributed by atoms with E-state index in [1.165, 1.54) is 0 Å². The van der Waals surface area contributed by atoms with E-state index in [1.807, 2.05) is 24.7 Å². The molecule has 2 rings (SSSR count). The van der Waals surface area contributed by atoms with Gasteiger partial charge in [0.15, 0.2) is 0 Å². The number of nitrogens with zero attached hydrogens (tertiary/aromatic N) is 2. The summed E-state index contributed by atoms with van der Waals surface area (Å²) in [5.41, 5.74) is 1.29. The van der Waals surface area contributed by atoms with Crippen LogP contribution >= 0.6 is 0 Å². The van der Waals surface area contributed by atoms with Gasteiger partial charge in [-0.15, -0.1) is 0 Å². The number of hydrogen-bond acceptors (Lipinski definition) is 4. The number of rotatable bonds is 5. The van der Waals surface area contributed by atoms with Gasteiger partial charge in [0, 0.05) is 25.9 Å². The maximum atomic E-state index is 9.13. The summed E-state index contributed by atoms with van der Waals surface area (Å²) in [4.78, 5) is 4.22. The van der Waals surface area contributed by atoms with Crippen molar-refractivity contribution in [2.45, 2.75) is 13.3 Å². The molecule has 2 N–H and O–H groups in total. The summed E-state index contributed by atoms with van der Waals surface area (Å²) in [6, 6.07) is 5.20. The van der Waals surface area contributed by atoms with Gasteiger partial charge in [-0.25, -0.2) is 4.98 Å². The number of benzene rings is 1. The molecule has 6 heteroatoms. The summed E-state index contributed by atoms with van der Waals surface area (Å²) in [6.45, 7) is 2.35. The fourth-order valence-corrected chi connectivity index (χ4v) is 1.93. The Hall–Kier alpha value is -1.79. The molecule has 2 aromatic rings. The summed E-state index contributed by atoms with van der Waals surface area (Å²) in [5, 5.41) is 18.3. The van der Waals surface area contributed by atoms with Crippen molar-refractivity contribution in [2.75, 3.05) is 6.61 Å². The molecular weight excluding hydrogens is 243 g/mol. The number of hydrogen-bond donors (Lipinski definition) is 2. The molecule has 1 heterocycles. The van der Waals surface area contributed by atoms with Gasteiger partial charge in [0.05, 0.1) is 6.61 Å². The van der Waals surface area contributed by atoms with Gasteiger partial charge in [0.1, 0.15) is 11.6 Å². The van der Waals surface area contributed by atoms with Crippen molar-refractivity contribution in [1.29, 1.82) is 0 Å². The number of aryl methyl sites for hydroxylation is 2. The zero-order valence-electron chi connectivity index (χ0n) is 11.1. The molecule has 1 aromatic heterocycles. The third-order valence-electron chi connectivity index (χ3n) is 3.03. The summed E-state index contributed by atoms with van der Waals surface area (Å²) in [6.07, 6.45) is 4.39. The highest BCUT2D eigenvalue weighted by Crippen LogP contribution is 2.12. The van der Waals surface area contributed by atoms with Crippen molar-refractivity contribution in [3.8, 4) is 5.75 Å². The van der Waals surface area contributed by atoms with E-state index >= 15 is 0 Å². The van der Waals surface area contributed by atoms with E-state index in [1.54, 1.807) is 24.4 Å². The second-order valence-corrected chi connectivity index (χ2v) is 4.44. The highest BCUT2D eigenvalue weighted by atomic mass is 16.5. The van der Waals surface area contributed by atoms with Crippen molar-refractivity contribution in [2.24, 2.45) is 7.05 Å². The second kappa shape index (κ2) is 5.90. The van der Waals surface area contributed by atoms with Crippen LogP contribution in [-0.2, 0) is 13.5 Å². The Kier molecular flexibility index (Phi) is 4.24. The standard InChI is InChI=1S/C13H17BN2O3/c1-10-9-11(3-4-12(10)14(17)18)19-8-5-13-15-6-7-16(13)2/h3-4,6-7,9,17-18H,5,8H2,1-2H3. The summed E-state index contributed by atoms with van der Waals surface area (Å²) in [7, 11) is 0.505. The number of ether oxygens (including phenoxy) is 1. The van der Waals surface area contributed by atoms with E-state index in [2.05, 4.69) is 4.98 Å². The Morgan fingerprint density at radius 2 is 2.16 bits per heavy atom. The minimum Gasteiger partial charge on any atom is -0.493 e. The van der Waals surface area contributed by atoms with Gasteiger partial charge < -0.3 is 19.4 Å². The van der Waals surface area contributed by atoms with E-state index in [9.17, 15) is 0 Å². The molecule has 0 atom stereocenters. The van der Waals surface area contributed by atoms with Crippen LogP contribution in [0.25, 0.3) is 0 Å². The van der Waals surface area contributed by atoms with Gasteiger partial charge in [-0.2, -0.15) is 0 Å². The van der Waals surface area contributed by atoms with Crippen LogP contribution in [0.1, 0.15) is 11.4 Å². The minimum absolute atomic E-state index is 0.497. The van der Waals surface area contributed by atoms with Crippen LogP contribution in [0.5, 0.6) is 5.75 Å². The lowest BCUT2D eigenvalue weighted by molar-refractivity contribution is 0.317. The zero-order valence-corrected chi connectivity index (χ0v) is 11.1. The Morgan fingerprint density at radius 1 is 1.37 bits per heavy atom. The van der Waals surface area contributed by atoms with Crippen molar-refractivity contribution >= 4 is 12.6 Å². The van der Waals surface area contributed by atoms with E-state index in [-0.39, 0.29) is 0 Å². The van der Waals surface area contributed by atoms with Crippen LogP contribution in [0.2, 0.25) is 0 Å². The lowest BCUT2D eigenvalue weighted by Crippen LogP contribution is -2.31. The highest BCUT2D eigenvalue weighted by Gasteiger charge is 2.13. The van der Waals surface area contributed by atoms with Crippen molar-refractivity contribution < 1.29 is 14.8 Å². The zero-order chi connectivity index (χ0) is 13.8. The first kappa shape index (κ1) is 13.6. The van der Waals surface area contributed by atoms with Crippen LogP contribution in [0.4, 0.5) is 0 Å². The first-order valence-electron chi connectivity index (χ1n) is 6.13. The molecule has 0 aliphatic carbocycles. The molecule has 0 radical (unpaired) electrons. The number of aromatic nitrogens is 2. The third kappa shape index (κ3) is 3.36. The molecule has 5 nitrogen and oxygen atoms in total. The molecular formula is C13H17BN2O3. The first-order valence-corrected chi connectivity index (χ1v) is 6.13. The molecule has 19 heavy (non-hydrogen) atoms. The molecule has 0 fully saturated rings. The van der Waals surface area contributed by atoms with Gasteiger partial charge in [0.25, 0.3) is 0 Å². The fourth-order valence-electron chi connectivity index (χ4n) is 1.93. The van der Waals surface area contributed by atoms with Gasteiger partial charge in [-0.3, -0.25) is 0 Å². The first-order chi connectivity index (χ1) is 9.08. The molecule has 0 aliphatic heterocycles. The average molecular weight is 260 g/mol. The van der Waals surface area contributed by atoms with E-state index in [0.29, 0.717) is 12.1 Å². The predicted molar refractivity (Wildman–Crippen MR) is 73.4 cm³/mol. The van der Waals surface area contributed by atoms with Crippen LogP contribution in [-0.4, -0.2) is 33.3 Å². The Bertz CT molecular complexity index is 555. The van der Waals surface area contributed by atoms with E-state index in [0.717, 1.165) is 23.6 Å². The predicted octanol–water partition coefficient (Wildman–Crippen LogP) is 0.0298. The molecule has 0 spiro atoms. The van der Waals surface area contributed by atoms with E-state index < -0.39 is 7.12 Å². The van der Waals surface area contributed by atoms with Crippen LogP contribution in [0.15, 0.2) is 30.6 Å². The SMILES string of the molecule is Cc1cc(OCCc2nccn2C)ccc1B(O)O. The maximum Gasteiger partial charge on any atom is 0.488 e. The highest BCUT2D eigenvalue weighted by molar-refractivity contribution is 6.59. The van der Waals surface area contributed by atoms with Crippen LogP contribution in [0, 0.1) is 6.92 Å². The third-order valence-corrected chi connectivity index (χ3v) is 3.03. The molecule has 1 aromatic carbocycles. The monoisotopic (exact) mass is 260 g/mol.